The van der Waals surface area contributed by atoms with Gasteiger partial charge in [0.1, 0.15) is 5.52 Å². The molecule has 0 spiro atoms. The lowest BCUT2D eigenvalue weighted by molar-refractivity contribution is -0.119. The summed E-state index contributed by atoms with van der Waals surface area (Å²) >= 11 is 1.21. The Balaban J connectivity index is 1.64. The van der Waals surface area contributed by atoms with E-state index in [2.05, 4.69) is 17.2 Å². The van der Waals surface area contributed by atoms with Gasteiger partial charge in [-0.05, 0) is 37.0 Å². The zero-order valence-electron chi connectivity index (χ0n) is 15.8. The van der Waals surface area contributed by atoms with Crippen LogP contribution in [-0.4, -0.2) is 49.5 Å². The highest BCUT2D eigenvalue weighted by atomic mass is 32.2. The molecule has 0 aliphatic heterocycles. The molecular formula is C18H25N3O4S2. The Morgan fingerprint density at radius 1 is 1.33 bits per heavy atom. The molecule has 1 aliphatic rings. The maximum absolute atomic E-state index is 12.2. The molecule has 1 N–H and O–H groups in total. The third-order valence-corrected chi connectivity index (χ3v) is 7.54. The van der Waals surface area contributed by atoms with Crippen molar-refractivity contribution in [1.29, 1.82) is 0 Å². The van der Waals surface area contributed by atoms with E-state index in [1.807, 2.05) is 0 Å². The number of aromatic nitrogens is 1. The highest BCUT2D eigenvalue weighted by Crippen LogP contribution is 2.27. The van der Waals surface area contributed by atoms with Gasteiger partial charge in [-0.2, -0.15) is 0 Å². The monoisotopic (exact) mass is 411 g/mol. The first-order valence-corrected chi connectivity index (χ1v) is 11.4. The second kappa shape index (κ2) is 8.20. The lowest BCUT2D eigenvalue weighted by Crippen LogP contribution is -2.41. The van der Waals surface area contributed by atoms with Crippen LogP contribution in [0.1, 0.15) is 32.6 Å². The van der Waals surface area contributed by atoms with E-state index in [4.69, 9.17) is 4.42 Å². The van der Waals surface area contributed by atoms with Crippen LogP contribution in [0, 0.1) is 5.92 Å². The van der Waals surface area contributed by atoms with E-state index in [-0.39, 0.29) is 22.6 Å². The van der Waals surface area contributed by atoms with Gasteiger partial charge in [0.15, 0.2) is 5.58 Å². The number of fused-ring (bicyclic) bond motifs is 1. The molecule has 1 saturated carbocycles. The molecule has 1 aliphatic carbocycles. The molecule has 0 radical (unpaired) electrons. The second-order valence-electron chi connectivity index (χ2n) is 7.12. The lowest BCUT2D eigenvalue weighted by Gasteiger charge is -2.29. The van der Waals surface area contributed by atoms with Gasteiger partial charge in [-0.3, -0.25) is 4.79 Å². The van der Waals surface area contributed by atoms with Crippen LogP contribution < -0.4 is 5.32 Å². The quantitative estimate of drug-likeness (QED) is 0.735. The fourth-order valence-electron chi connectivity index (χ4n) is 3.23. The number of thioether (sulfide) groups is 1. The number of carbonyl (C=O) groups is 1. The van der Waals surface area contributed by atoms with Gasteiger partial charge in [-0.15, -0.1) is 0 Å². The molecule has 3 rings (SSSR count). The van der Waals surface area contributed by atoms with Gasteiger partial charge in [0.2, 0.25) is 15.9 Å². The van der Waals surface area contributed by atoms with Crippen LogP contribution in [0.4, 0.5) is 0 Å². The van der Waals surface area contributed by atoms with Gasteiger partial charge in [0, 0.05) is 20.1 Å². The van der Waals surface area contributed by atoms with E-state index < -0.39 is 10.0 Å². The molecule has 0 bridgehead atoms. The summed E-state index contributed by atoms with van der Waals surface area (Å²) in [4.78, 5) is 16.7. The average molecular weight is 412 g/mol. The summed E-state index contributed by atoms with van der Waals surface area (Å²) in [6, 6.07) is 4.82. The molecule has 9 heteroatoms. The summed E-state index contributed by atoms with van der Waals surface area (Å²) in [5, 5.41) is 3.46. The van der Waals surface area contributed by atoms with Crippen LogP contribution in [0.15, 0.2) is 32.7 Å². The zero-order valence-corrected chi connectivity index (χ0v) is 17.4. The molecule has 1 aromatic heterocycles. The molecule has 0 unspecified atom stereocenters. The molecule has 1 aromatic carbocycles. The Bertz CT molecular complexity index is 924. The van der Waals surface area contributed by atoms with Crippen molar-refractivity contribution in [1.82, 2.24) is 14.6 Å². The third kappa shape index (κ3) is 4.64. The van der Waals surface area contributed by atoms with E-state index in [0.717, 1.165) is 23.6 Å². The van der Waals surface area contributed by atoms with Gasteiger partial charge >= 0.3 is 0 Å². The molecule has 7 nitrogen and oxygen atoms in total. The molecule has 27 heavy (non-hydrogen) atoms. The van der Waals surface area contributed by atoms with Crippen LogP contribution >= 0.6 is 11.8 Å². The number of nitrogens with one attached hydrogen (secondary N) is 1. The SMILES string of the molecule is C[C@@H]1CCCC[C@@H]1NC(=O)CSc1nc2cc(S(=O)(=O)N(C)C)ccc2o1. The maximum atomic E-state index is 12.2. The zero-order chi connectivity index (χ0) is 19.6. The Kier molecular flexibility index (Phi) is 6.12. The molecule has 148 valence electrons. The minimum absolute atomic E-state index is 0.0307. The number of hydrogen-bond acceptors (Lipinski definition) is 6. The summed E-state index contributed by atoms with van der Waals surface area (Å²) in [6.45, 7) is 2.18. The first-order chi connectivity index (χ1) is 12.8. The van der Waals surface area contributed by atoms with Crippen molar-refractivity contribution >= 4 is 38.8 Å². The van der Waals surface area contributed by atoms with Crippen LogP contribution in [0.5, 0.6) is 0 Å². The van der Waals surface area contributed by atoms with Crippen LogP contribution in [-0.2, 0) is 14.8 Å². The van der Waals surface area contributed by atoms with E-state index in [1.54, 1.807) is 6.07 Å². The van der Waals surface area contributed by atoms with Crippen molar-refractivity contribution in [3.05, 3.63) is 18.2 Å². The number of sulfonamides is 1. The van der Waals surface area contributed by atoms with E-state index in [1.165, 1.54) is 44.4 Å². The summed E-state index contributed by atoms with van der Waals surface area (Å²) in [5.41, 5.74) is 0.957. The van der Waals surface area contributed by atoms with Crippen molar-refractivity contribution in [2.45, 2.75) is 48.8 Å². The van der Waals surface area contributed by atoms with Crippen molar-refractivity contribution < 1.29 is 17.6 Å². The van der Waals surface area contributed by atoms with Crippen molar-refractivity contribution in [3.8, 4) is 0 Å². The number of hydrogen-bond donors (Lipinski definition) is 1. The Morgan fingerprint density at radius 3 is 2.78 bits per heavy atom. The Labute approximate surface area is 163 Å². The Hall–Kier alpha value is -1.58. The first-order valence-electron chi connectivity index (χ1n) is 9.02. The summed E-state index contributed by atoms with van der Waals surface area (Å²) in [7, 11) is -0.563. The minimum Gasteiger partial charge on any atom is -0.431 e. The molecular weight excluding hydrogens is 386 g/mol. The van der Waals surface area contributed by atoms with Gasteiger partial charge < -0.3 is 9.73 Å². The minimum atomic E-state index is -3.53. The van der Waals surface area contributed by atoms with Gasteiger partial charge in [-0.25, -0.2) is 17.7 Å². The molecule has 1 heterocycles. The number of amides is 1. The largest absolute Gasteiger partial charge is 0.431 e. The number of benzene rings is 1. The number of carbonyl (C=O) groups excluding carboxylic acids is 1. The Morgan fingerprint density at radius 2 is 2.07 bits per heavy atom. The van der Waals surface area contributed by atoms with Crippen molar-refractivity contribution in [2.24, 2.45) is 5.92 Å². The molecule has 0 saturated heterocycles. The second-order valence-corrected chi connectivity index (χ2v) is 10.2. The summed E-state index contributed by atoms with van der Waals surface area (Å²) < 4.78 is 31.2. The van der Waals surface area contributed by atoms with Gasteiger partial charge in [0.05, 0.1) is 10.6 Å². The molecule has 1 amide bonds. The number of oxazole rings is 1. The summed E-state index contributed by atoms with van der Waals surface area (Å²) in [6.07, 6.45) is 4.58. The van der Waals surface area contributed by atoms with Crippen molar-refractivity contribution in [2.75, 3.05) is 19.8 Å². The van der Waals surface area contributed by atoms with E-state index >= 15 is 0 Å². The third-order valence-electron chi connectivity index (χ3n) is 4.90. The average Bonchev–Trinajstić information content (AvgIpc) is 3.04. The van der Waals surface area contributed by atoms with Crippen LogP contribution in [0.3, 0.4) is 0 Å². The molecule has 2 atom stereocenters. The van der Waals surface area contributed by atoms with Crippen molar-refractivity contribution in [3.63, 3.8) is 0 Å². The van der Waals surface area contributed by atoms with Crippen LogP contribution in [0.2, 0.25) is 0 Å². The molecule has 1 fully saturated rings. The smallest absolute Gasteiger partial charge is 0.257 e. The van der Waals surface area contributed by atoms with Gasteiger partial charge in [-0.1, -0.05) is 31.5 Å². The normalized spacial score (nSPS) is 20.9. The number of nitrogens with zero attached hydrogens (tertiary/aromatic N) is 2. The predicted molar refractivity (Wildman–Crippen MR) is 105 cm³/mol. The first kappa shape index (κ1) is 20.2. The van der Waals surface area contributed by atoms with E-state index in [0.29, 0.717) is 22.2 Å². The van der Waals surface area contributed by atoms with Gasteiger partial charge in [0.25, 0.3) is 5.22 Å². The lowest BCUT2D eigenvalue weighted by atomic mass is 9.86. The predicted octanol–water partition coefficient (Wildman–Crippen LogP) is 2.87. The maximum Gasteiger partial charge on any atom is 0.257 e. The topological polar surface area (TPSA) is 92.5 Å². The fraction of sp³-hybridized carbons (Fsp3) is 0.556. The van der Waals surface area contributed by atoms with Crippen LogP contribution in [0.25, 0.3) is 11.1 Å². The summed E-state index contributed by atoms with van der Waals surface area (Å²) in [5.74, 6) is 0.699. The highest BCUT2D eigenvalue weighted by Gasteiger charge is 2.23. The molecule has 2 aromatic rings. The standard InChI is InChI=1S/C18H25N3O4S2/c1-12-6-4-5-7-14(12)19-17(22)11-26-18-20-15-10-13(8-9-16(15)25-18)27(23,24)21(2)3/h8-10,12,14H,4-7,11H2,1-3H3,(H,19,22)/t12-,14+/m1/s1. The number of rotatable bonds is 6. The fourth-order valence-corrected chi connectivity index (χ4v) is 4.80. The van der Waals surface area contributed by atoms with E-state index in [9.17, 15) is 13.2 Å². The highest BCUT2D eigenvalue weighted by molar-refractivity contribution is 7.99.